The molecule has 2 heterocycles. The van der Waals surface area contributed by atoms with Crippen LogP contribution < -0.4 is 0 Å². The number of nitrogens with zero attached hydrogens (tertiary/aromatic N) is 3. The fourth-order valence-electron chi connectivity index (χ4n) is 1.03. The van der Waals surface area contributed by atoms with E-state index in [0.717, 1.165) is 0 Å². The van der Waals surface area contributed by atoms with Crippen LogP contribution in [-0.2, 0) is 0 Å². The minimum Gasteiger partial charge on any atom is -0.476 e. The van der Waals surface area contributed by atoms with Crippen molar-refractivity contribution in [1.82, 2.24) is 15.0 Å². The summed E-state index contributed by atoms with van der Waals surface area (Å²) in [6, 6.07) is 3.42. The van der Waals surface area contributed by atoms with Gasteiger partial charge in [-0.15, -0.1) is 0 Å². The highest BCUT2D eigenvalue weighted by atomic mass is 35.5. The van der Waals surface area contributed by atoms with Gasteiger partial charge in [-0.3, -0.25) is 4.98 Å². The van der Waals surface area contributed by atoms with Crippen LogP contribution in [0.25, 0.3) is 0 Å². The average Bonchev–Trinajstić information content (AvgIpc) is 2.32. The van der Waals surface area contributed by atoms with Gasteiger partial charge in [0.15, 0.2) is 5.69 Å². The Morgan fingerprint density at radius 1 is 1.24 bits per heavy atom. The summed E-state index contributed by atoms with van der Waals surface area (Å²) >= 11 is 6.93. The Morgan fingerprint density at radius 2 is 2.06 bits per heavy atom. The lowest BCUT2D eigenvalue weighted by atomic mass is 10.5. The molecule has 5 nitrogen and oxygen atoms in total. The molecule has 2 aromatic heterocycles. The second-order valence-electron chi connectivity index (χ2n) is 2.96. The molecule has 0 amide bonds. The van der Waals surface area contributed by atoms with Crippen molar-refractivity contribution in [1.29, 1.82) is 0 Å². The Morgan fingerprint density at radius 3 is 2.71 bits per heavy atom. The van der Waals surface area contributed by atoms with Gasteiger partial charge in [0.1, 0.15) is 10.1 Å². The van der Waals surface area contributed by atoms with E-state index in [4.69, 9.17) is 16.7 Å². The van der Waals surface area contributed by atoms with E-state index in [-0.39, 0.29) is 5.69 Å². The Labute approximate surface area is 106 Å². The lowest BCUT2D eigenvalue weighted by Gasteiger charge is -2.00. The third kappa shape index (κ3) is 3.15. The molecule has 17 heavy (non-hydrogen) atoms. The predicted octanol–water partition coefficient (Wildman–Crippen LogP) is 2.37. The highest BCUT2D eigenvalue weighted by molar-refractivity contribution is 7.99. The summed E-state index contributed by atoms with van der Waals surface area (Å²) < 4.78 is 0. The smallest absolute Gasteiger partial charge is 0.356 e. The first kappa shape index (κ1) is 11.8. The number of carboxylic acids is 1. The number of pyridine rings is 1. The molecule has 0 bridgehead atoms. The summed E-state index contributed by atoms with van der Waals surface area (Å²) in [5.41, 5.74) is -0.0936. The van der Waals surface area contributed by atoms with Crippen molar-refractivity contribution in [2.75, 3.05) is 0 Å². The summed E-state index contributed by atoms with van der Waals surface area (Å²) in [5.74, 6) is -1.11. The molecule has 0 aliphatic rings. The molecule has 0 aromatic carbocycles. The van der Waals surface area contributed by atoms with Crippen LogP contribution in [0.2, 0.25) is 5.02 Å². The SMILES string of the molecule is O=C(O)c1cncc(Sc2ccc(Cl)cn2)n1. The molecule has 2 rings (SSSR count). The molecule has 0 spiro atoms. The number of carbonyl (C=O) groups is 1. The molecule has 0 saturated heterocycles. The zero-order chi connectivity index (χ0) is 12.3. The van der Waals surface area contributed by atoms with E-state index in [1.807, 2.05) is 0 Å². The number of rotatable bonds is 3. The van der Waals surface area contributed by atoms with E-state index >= 15 is 0 Å². The van der Waals surface area contributed by atoms with Crippen LogP contribution in [0.3, 0.4) is 0 Å². The van der Waals surface area contributed by atoms with Crippen LogP contribution in [-0.4, -0.2) is 26.0 Å². The Kier molecular flexibility index (Phi) is 3.55. The highest BCUT2D eigenvalue weighted by Crippen LogP contribution is 2.24. The summed E-state index contributed by atoms with van der Waals surface area (Å²) in [5, 5.41) is 10.5. The molecule has 2 aromatic rings. The normalized spacial score (nSPS) is 10.2. The summed E-state index contributed by atoms with van der Waals surface area (Å²) in [4.78, 5) is 22.5. The monoisotopic (exact) mass is 267 g/mol. The van der Waals surface area contributed by atoms with E-state index in [2.05, 4.69) is 15.0 Å². The molecule has 1 N–H and O–H groups in total. The van der Waals surface area contributed by atoms with E-state index in [0.29, 0.717) is 15.1 Å². The molecule has 0 atom stereocenters. The second-order valence-corrected chi connectivity index (χ2v) is 4.44. The van der Waals surface area contributed by atoms with Crippen molar-refractivity contribution in [3.63, 3.8) is 0 Å². The molecule has 0 unspecified atom stereocenters. The molecular weight excluding hydrogens is 262 g/mol. The van der Waals surface area contributed by atoms with Crippen molar-refractivity contribution in [3.8, 4) is 0 Å². The van der Waals surface area contributed by atoms with Gasteiger partial charge in [-0.05, 0) is 23.9 Å². The molecule has 86 valence electrons. The number of hydrogen-bond donors (Lipinski definition) is 1. The van der Waals surface area contributed by atoms with Crippen LogP contribution >= 0.6 is 23.4 Å². The molecule has 0 saturated carbocycles. The van der Waals surface area contributed by atoms with Crippen molar-refractivity contribution in [2.45, 2.75) is 10.1 Å². The number of carboxylic acid groups (broad SMARTS) is 1. The van der Waals surface area contributed by atoms with Crippen LogP contribution in [0.5, 0.6) is 0 Å². The quantitative estimate of drug-likeness (QED) is 0.920. The molecule has 7 heteroatoms. The molecule has 0 fully saturated rings. The molecule has 0 aliphatic heterocycles. The van der Waals surface area contributed by atoms with Crippen LogP contribution in [0.1, 0.15) is 10.5 Å². The maximum absolute atomic E-state index is 10.7. The highest BCUT2D eigenvalue weighted by Gasteiger charge is 2.07. The fourth-order valence-corrected chi connectivity index (χ4v) is 1.86. The van der Waals surface area contributed by atoms with Gasteiger partial charge >= 0.3 is 5.97 Å². The van der Waals surface area contributed by atoms with E-state index < -0.39 is 5.97 Å². The van der Waals surface area contributed by atoms with Gasteiger partial charge in [0, 0.05) is 6.20 Å². The largest absolute Gasteiger partial charge is 0.476 e. The third-order valence-corrected chi connectivity index (χ3v) is 2.82. The fraction of sp³-hybridized carbons (Fsp3) is 0. The minimum absolute atomic E-state index is 0.0936. The summed E-state index contributed by atoms with van der Waals surface area (Å²) in [7, 11) is 0. The van der Waals surface area contributed by atoms with Gasteiger partial charge in [-0.1, -0.05) is 11.6 Å². The van der Waals surface area contributed by atoms with Crippen molar-refractivity contribution in [2.24, 2.45) is 0 Å². The lowest BCUT2D eigenvalue weighted by Crippen LogP contribution is -2.01. The van der Waals surface area contributed by atoms with Crippen molar-refractivity contribution >= 4 is 29.3 Å². The zero-order valence-corrected chi connectivity index (χ0v) is 9.94. The maximum Gasteiger partial charge on any atom is 0.356 e. The van der Waals surface area contributed by atoms with E-state index in [9.17, 15) is 4.79 Å². The predicted molar refractivity (Wildman–Crippen MR) is 62.4 cm³/mol. The van der Waals surface area contributed by atoms with Crippen molar-refractivity contribution in [3.05, 3.63) is 41.4 Å². The van der Waals surface area contributed by atoms with Crippen molar-refractivity contribution < 1.29 is 9.90 Å². The standard InChI is InChI=1S/C10H6ClN3O2S/c11-6-1-2-8(13-3-6)17-9-5-12-4-7(14-9)10(15)16/h1-5H,(H,15,16). The molecular formula is C10H6ClN3O2S. The van der Waals surface area contributed by atoms with Gasteiger partial charge in [-0.25, -0.2) is 14.8 Å². The van der Waals surface area contributed by atoms with Crippen LogP contribution in [0.4, 0.5) is 0 Å². The lowest BCUT2D eigenvalue weighted by molar-refractivity contribution is 0.0689. The maximum atomic E-state index is 10.7. The molecule has 0 aliphatic carbocycles. The summed E-state index contributed by atoms with van der Waals surface area (Å²) in [6.07, 6.45) is 4.19. The first-order chi connectivity index (χ1) is 8.15. The average molecular weight is 268 g/mol. The third-order valence-electron chi connectivity index (χ3n) is 1.74. The van der Waals surface area contributed by atoms with Crippen LogP contribution in [0, 0.1) is 0 Å². The van der Waals surface area contributed by atoms with Crippen LogP contribution in [0.15, 0.2) is 40.8 Å². The Balaban J connectivity index is 2.21. The molecule has 0 radical (unpaired) electrons. The first-order valence-electron chi connectivity index (χ1n) is 4.50. The number of halogens is 1. The van der Waals surface area contributed by atoms with Gasteiger partial charge in [0.2, 0.25) is 0 Å². The number of aromatic carboxylic acids is 1. The Hall–Kier alpha value is -1.66. The second kappa shape index (κ2) is 5.11. The number of hydrogen-bond acceptors (Lipinski definition) is 5. The zero-order valence-electron chi connectivity index (χ0n) is 8.37. The van der Waals surface area contributed by atoms with E-state index in [1.54, 1.807) is 12.1 Å². The Bertz CT molecular complexity index is 548. The minimum atomic E-state index is -1.11. The topological polar surface area (TPSA) is 76.0 Å². The van der Waals surface area contributed by atoms with Gasteiger partial charge in [-0.2, -0.15) is 0 Å². The van der Waals surface area contributed by atoms with Gasteiger partial charge in [0.25, 0.3) is 0 Å². The van der Waals surface area contributed by atoms with Gasteiger partial charge < -0.3 is 5.11 Å². The van der Waals surface area contributed by atoms with Gasteiger partial charge in [0.05, 0.1) is 17.4 Å². The summed E-state index contributed by atoms with van der Waals surface area (Å²) in [6.45, 7) is 0. The number of aromatic nitrogens is 3. The van der Waals surface area contributed by atoms with E-state index in [1.165, 1.54) is 30.4 Å². The first-order valence-corrected chi connectivity index (χ1v) is 5.69.